The zero-order valence-electron chi connectivity index (χ0n) is 4.89. The Balaban J connectivity index is -0.000000000833. The van der Waals surface area contributed by atoms with Gasteiger partial charge in [-0.1, -0.05) is 0 Å². The molecule has 0 rings (SSSR count). The van der Waals surface area contributed by atoms with Gasteiger partial charge in [-0.05, 0) is 0 Å². The van der Waals surface area contributed by atoms with E-state index in [1.54, 1.807) is 0 Å². The van der Waals surface area contributed by atoms with Crippen molar-refractivity contribution in [2.24, 2.45) is 0 Å². The minimum absolute atomic E-state index is 0. The zero-order chi connectivity index (χ0) is 2.00. The molecule has 0 aromatic heterocycles. The topological polar surface area (TPSA) is 40.5 Å². The Labute approximate surface area is 51.5 Å². The summed E-state index contributed by atoms with van der Waals surface area (Å²) in [6, 6.07) is 0. The maximum Gasteiger partial charge on any atom is 1.00 e. The Morgan fingerprint density at radius 3 is 1.00 bits per heavy atom. The van der Waals surface area contributed by atoms with Crippen LogP contribution in [-0.4, -0.2) is 10.5 Å². The summed E-state index contributed by atoms with van der Waals surface area (Å²) in [6.45, 7) is 0. The summed E-state index contributed by atoms with van der Waals surface area (Å²) in [5.74, 6) is 0. The van der Waals surface area contributed by atoms with Gasteiger partial charge in [-0.25, -0.2) is 0 Å². The summed E-state index contributed by atoms with van der Waals surface area (Å²) in [7, 11) is 0. The normalized spacial score (nSPS) is 1.50. The maximum absolute atomic E-state index is 6.00. The van der Waals surface area contributed by atoms with Crippen LogP contribution in [0.5, 0.6) is 0 Å². The first-order valence-electron chi connectivity index (χ1n) is 0.200. The predicted molar refractivity (Wildman–Crippen MR) is 7.48 cm³/mol. The van der Waals surface area contributed by atoms with Crippen molar-refractivity contribution >= 4 is 0 Å². The van der Waals surface area contributed by atoms with Crippen LogP contribution in [0.25, 0.3) is 0 Å². The molecule has 4 heavy (non-hydrogen) atoms. The van der Waals surface area contributed by atoms with Gasteiger partial charge in [0.05, 0.1) is 0 Å². The summed E-state index contributed by atoms with van der Waals surface area (Å²) in [4.78, 5) is 0. The van der Waals surface area contributed by atoms with Crippen molar-refractivity contribution in [2.75, 3.05) is 0 Å². The first-order chi connectivity index (χ1) is 1.00. The minimum atomic E-state index is 0. The number of hydrogen-bond donors (Lipinski definition) is 2. The molecule has 0 unspecified atom stereocenters. The molecule has 0 fully saturated rings. The fourth-order valence-electron chi connectivity index (χ4n) is 0. The first-order valence-corrected chi connectivity index (χ1v) is 0.200. The second-order valence-electron chi connectivity index (χ2n) is 0. The molecule has 0 spiro atoms. The number of rotatable bonds is 0. The van der Waals surface area contributed by atoms with Gasteiger partial charge in [-0.15, -0.1) is 0 Å². The Hall–Kier alpha value is 1.11. The van der Waals surface area contributed by atoms with Gasteiger partial charge in [0.1, 0.15) is 0 Å². The van der Waals surface area contributed by atoms with Crippen molar-refractivity contribution in [1.29, 1.82) is 0 Å². The quantitative estimate of drug-likeness (QED) is 0.163. The van der Waals surface area contributed by atoms with E-state index in [-0.39, 0.29) is 40.6 Å². The van der Waals surface area contributed by atoms with Crippen molar-refractivity contribution in [3.63, 3.8) is 0 Å². The van der Waals surface area contributed by atoms with Gasteiger partial charge in [0.2, 0.25) is 0 Å². The molecule has 0 aliphatic carbocycles. The zero-order valence-corrected chi connectivity index (χ0v) is 2.89. The monoisotopic (exact) mass is 50.1 g/mol. The van der Waals surface area contributed by atoms with Crippen LogP contribution in [0.3, 0.4) is 0 Å². The van der Waals surface area contributed by atoms with Crippen LogP contribution in [0.15, 0.2) is 0 Å². The average molecular weight is 49.9 g/mol. The molecule has 0 atom stereocenters. The summed E-state index contributed by atoms with van der Waals surface area (Å²) in [6.07, 6.45) is 0. The fourth-order valence-corrected chi connectivity index (χ4v) is 0. The molecular formula is H4Li2O2. The van der Waals surface area contributed by atoms with Gasteiger partial charge in [0, 0.05) is 0 Å². The second-order valence-corrected chi connectivity index (χ2v) is 0. The third-order valence-electron chi connectivity index (χ3n) is 0. The van der Waals surface area contributed by atoms with Crippen molar-refractivity contribution in [1.82, 2.24) is 0 Å². The van der Waals surface area contributed by atoms with E-state index in [0.29, 0.717) is 0 Å². The van der Waals surface area contributed by atoms with Crippen LogP contribution in [-0.2, 0) is 0 Å². The van der Waals surface area contributed by atoms with Crippen molar-refractivity contribution in [2.45, 2.75) is 0 Å². The Kier molecular flexibility index (Phi) is 156. The Morgan fingerprint density at radius 1 is 1.00 bits per heavy atom. The molecule has 0 saturated heterocycles. The fraction of sp³-hybridized carbons (Fsp3) is 0. The predicted octanol–water partition coefficient (Wildman–Crippen LogP) is -5.75. The maximum atomic E-state index is 6.00. The summed E-state index contributed by atoms with van der Waals surface area (Å²) in [5.41, 5.74) is 0. The van der Waals surface area contributed by atoms with Gasteiger partial charge in [-0.2, -0.15) is 0 Å². The summed E-state index contributed by atoms with van der Waals surface area (Å²) < 4.78 is 0. The van der Waals surface area contributed by atoms with Crippen LogP contribution in [0.4, 0.5) is 0 Å². The second kappa shape index (κ2) is 32.1. The smallest absolute Gasteiger partial charge is 1.00 e. The molecule has 0 aliphatic heterocycles. The van der Waals surface area contributed by atoms with Crippen molar-refractivity contribution in [3.8, 4) is 0 Å². The van der Waals surface area contributed by atoms with Crippen LogP contribution in [0, 0.1) is 0 Å². The van der Waals surface area contributed by atoms with E-state index in [2.05, 4.69) is 0 Å². The molecule has 2 nitrogen and oxygen atoms in total. The van der Waals surface area contributed by atoms with E-state index in [1.165, 1.54) is 0 Å². The van der Waals surface area contributed by atoms with E-state index in [9.17, 15) is 0 Å². The number of hydrogen-bond acceptors (Lipinski definition) is 2. The molecule has 18 valence electrons. The molecule has 4 heteroatoms. The molecule has 0 aliphatic rings. The van der Waals surface area contributed by atoms with Gasteiger partial charge in [-0.3, -0.25) is 10.5 Å². The average Bonchev–Trinajstić information content (AvgIpc) is 1.00. The van der Waals surface area contributed by atoms with E-state index in [1.807, 2.05) is 0 Å². The SMILES string of the molecule is OO.[H-].[H-].[Li+].[Li+]. The molecule has 2 N–H and O–H groups in total. The largest absolute Gasteiger partial charge is 1.00 e. The van der Waals surface area contributed by atoms with Gasteiger partial charge >= 0.3 is 37.7 Å². The van der Waals surface area contributed by atoms with Gasteiger partial charge < -0.3 is 2.85 Å². The minimum Gasteiger partial charge on any atom is -1.00 e. The third-order valence-corrected chi connectivity index (χ3v) is 0. The summed E-state index contributed by atoms with van der Waals surface area (Å²) >= 11 is 0. The standard InChI is InChI=1S/2Li.H2O2.2H/c;;1-2;;/h;;1-2H;;/q2*+1;;2*-1. The van der Waals surface area contributed by atoms with Crippen LogP contribution < -0.4 is 37.7 Å². The third kappa shape index (κ3) is 11.2. The molecule has 0 bridgehead atoms. The van der Waals surface area contributed by atoms with Gasteiger partial charge in [0.25, 0.3) is 0 Å². The first kappa shape index (κ1) is 19.4. The Morgan fingerprint density at radius 2 is 1.00 bits per heavy atom. The molecular weight excluding hydrogens is 45.9 g/mol. The molecule has 0 heterocycles. The summed E-state index contributed by atoms with van der Waals surface area (Å²) in [5, 5.41) is 12.0. The van der Waals surface area contributed by atoms with E-state index in [4.69, 9.17) is 10.5 Å². The van der Waals surface area contributed by atoms with Crippen LogP contribution in [0.2, 0.25) is 0 Å². The van der Waals surface area contributed by atoms with E-state index < -0.39 is 0 Å². The molecule has 0 aromatic rings. The molecule has 0 saturated carbocycles. The van der Waals surface area contributed by atoms with Gasteiger partial charge in [0.15, 0.2) is 0 Å². The van der Waals surface area contributed by atoms with Crippen LogP contribution in [0.1, 0.15) is 2.85 Å². The van der Waals surface area contributed by atoms with Crippen molar-refractivity contribution in [3.05, 3.63) is 0 Å². The van der Waals surface area contributed by atoms with E-state index in [0.717, 1.165) is 0 Å². The molecule has 0 aromatic carbocycles. The Bertz CT molecular complexity index is 9.51. The van der Waals surface area contributed by atoms with Crippen molar-refractivity contribution < 1.29 is 51.1 Å². The van der Waals surface area contributed by atoms with E-state index >= 15 is 0 Å². The van der Waals surface area contributed by atoms with Crippen LogP contribution >= 0.6 is 0 Å². The molecule has 0 radical (unpaired) electrons. The molecule has 0 amide bonds.